The molecular formula is C29H31F3N6O7S. The third-order valence-corrected chi connectivity index (χ3v) is 8.44. The highest BCUT2D eigenvalue weighted by molar-refractivity contribution is 7.89. The average Bonchev–Trinajstić information content (AvgIpc) is 3.01. The van der Waals surface area contributed by atoms with Crippen LogP contribution in [0.2, 0.25) is 0 Å². The Kier molecular flexibility index (Phi) is 11.9. The standard InChI is InChI=1S/C27H30N6O5S.C2HF3O2/c1-18(31-25(34)16-26(35)32-22-7-4-19(5-8-22)27(28)29)20-6-9-24(23(15-20)21-3-2-10-30-17-21)39(36,37)33-11-13-38-14-12-33;3-2(4,5)1(6)7/h2-10,15,17-18H,11-14,16H2,1H3,(H3,28,29)(H,31,34)(H,32,35);(H,6,7). The van der Waals surface area contributed by atoms with Crippen molar-refractivity contribution in [2.75, 3.05) is 31.6 Å². The fourth-order valence-corrected chi connectivity index (χ4v) is 5.78. The molecule has 2 heterocycles. The highest BCUT2D eigenvalue weighted by atomic mass is 32.2. The van der Waals surface area contributed by atoms with E-state index in [9.17, 15) is 31.2 Å². The van der Waals surface area contributed by atoms with Crippen molar-refractivity contribution in [1.29, 1.82) is 5.41 Å². The van der Waals surface area contributed by atoms with Gasteiger partial charge in [-0.15, -0.1) is 0 Å². The molecule has 2 aromatic carbocycles. The molecule has 246 valence electrons. The van der Waals surface area contributed by atoms with Crippen LogP contribution in [0.4, 0.5) is 18.9 Å². The Bertz CT molecular complexity index is 1660. The van der Waals surface area contributed by atoms with Crippen molar-refractivity contribution >= 4 is 39.3 Å². The number of carbonyl (C=O) groups excluding carboxylic acids is 2. The van der Waals surface area contributed by atoms with E-state index < -0.39 is 46.4 Å². The number of sulfonamides is 1. The average molecular weight is 665 g/mol. The van der Waals surface area contributed by atoms with Gasteiger partial charge in [-0.2, -0.15) is 17.5 Å². The number of morpholine rings is 1. The number of benzene rings is 2. The number of aliphatic carboxylic acids is 1. The third kappa shape index (κ3) is 9.82. The van der Waals surface area contributed by atoms with Gasteiger partial charge in [0.15, 0.2) is 0 Å². The Hall–Kier alpha value is -4.87. The second kappa shape index (κ2) is 15.4. The Morgan fingerprint density at radius 2 is 1.72 bits per heavy atom. The molecule has 0 saturated carbocycles. The Morgan fingerprint density at radius 1 is 1.09 bits per heavy atom. The highest BCUT2D eigenvalue weighted by Gasteiger charge is 2.38. The number of carbonyl (C=O) groups is 3. The predicted octanol–water partition coefficient (Wildman–Crippen LogP) is 2.89. The zero-order valence-corrected chi connectivity index (χ0v) is 25.2. The van der Waals surface area contributed by atoms with E-state index >= 15 is 0 Å². The first kappa shape index (κ1) is 35.6. The number of halogens is 3. The van der Waals surface area contributed by atoms with Gasteiger partial charge in [0, 0.05) is 47.9 Å². The molecule has 0 bridgehead atoms. The van der Waals surface area contributed by atoms with E-state index in [0.717, 1.165) is 0 Å². The molecule has 1 saturated heterocycles. The van der Waals surface area contributed by atoms with Crippen LogP contribution >= 0.6 is 0 Å². The van der Waals surface area contributed by atoms with Crippen LogP contribution < -0.4 is 16.4 Å². The number of carboxylic acid groups (broad SMARTS) is 1. The van der Waals surface area contributed by atoms with E-state index in [1.807, 2.05) is 0 Å². The zero-order valence-electron chi connectivity index (χ0n) is 24.4. The number of nitrogens with two attached hydrogens (primary N) is 1. The Labute approximate surface area is 262 Å². The second-order valence-electron chi connectivity index (χ2n) is 9.82. The number of rotatable bonds is 9. The maximum atomic E-state index is 13.5. The predicted molar refractivity (Wildman–Crippen MR) is 160 cm³/mol. The van der Waals surface area contributed by atoms with Crippen LogP contribution in [-0.4, -0.2) is 78.9 Å². The number of nitrogens with one attached hydrogen (secondary N) is 3. The maximum absolute atomic E-state index is 13.5. The van der Waals surface area contributed by atoms with Crippen molar-refractivity contribution in [2.45, 2.75) is 30.5 Å². The van der Waals surface area contributed by atoms with Gasteiger partial charge in [0.2, 0.25) is 21.8 Å². The summed E-state index contributed by atoms with van der Waals surface area (Å²) in [5, 5.41) is 20.0. The summed E-state index contributed by atoms with van der Waals surface area (Å²) in [6.07, 6.45) is -2.29. The van der Waals surface area contributed by atoms with Crippen molar-refractivity contribution in [2.24, 2.45) is 5.73 Å². The van der Waals surface area contributed by atoms with Crippen LogP contribution in [0.15, 0.2) is 71.9 Å². The van der Waals surface area contributed by atoms with Gasteiger partial charge in [-0.25, -0.2) is 13.2 Å². The molecule has 46 heavy (non-hydrogen) atoms. The van der Waals surface area contributed by atoms with E-state index in [1.54, 1.807) is 73.9 Å². The number of hydrogen-bond acceptors (Lipinski definition) is 8. The third-order valence-electron chi connectivity index (χ3n) is 6.48. The summed E-state index contributed by atoms with van der Waals surface area (Å²) < 4.78 is 65.4. The first-order chi connectivity index (χ1) is 21.6. The van der Waals surface area contributed by atoms with E-state index in [-0.39, 0.29) is 23.8 Å². The number of anilines is 1. The smallest absolute Gasteiger partial charge is 0.475 e. The van der Waals surface area contributed by atoms with Gasteiger partial charge in [0.25, 0.3) is 0 Å². The highest BCUT2D eigenvalue weighted by Crippen LogP contribution is 2.32. The number of hydrogen-bond donors (Lipinski definition) is 5. The number of ether oxygens (including phenoxy) is 1. The summed E-state index contributed by atoms with van der Waals surface area (Å²) in [6.45, 7) is 2.96. The van der Waals surface area contributed by atoms with Crippen molar-refractivity contribution < 1.29 is 45.8 Å². The number of amidine groups is 1. The van der Waals surface area contributed by atoms with Crippen LogP contribution in [0, 0.1) is 5.41 Å². The number of nitrogen functional groups attached to an aromatic ring is 1. The normalized spacial score (nSPS) is 14.3. The second-order valence-corrected chi connectivity index (χ2v) is 11.7. The Balaban J connectivity index is 0.000000738. The molecule has 1 aromatic heterocycles. The lowest BCUT2D eigenvalue weighted by Crippen LogP contribution is -2.40. The lowest BCUT2D eigenvalue weighted by atomic mass is 10.0. The number of aromatic nitrogens is 1. The molecular weight excluding hydrogens is 633 g/mol. The molecule has 1 unspecified atom stereocenters. The largest absolute Gasteiger partial charge is 0.490 e. The minimum absolute atomic E-state index is 0.0837. The van der Waals surface area contributed by atoms with Gasteiger partial charge < -0.3 is 26.2 Å². The Morgan fingerprint density at radius 3 is 2.26 bits per heavy atom. The number of carboxylic acids is 1. The van der Waals surface area contributed by atoms with Crippen LogP contribution in [0.3, 0.4) is 0 Å². The van der Waals surface area contributed by atoms with Crippen molar-refractivity contribution in [1.82, 2.24) is 14.6 Å². The molecule has 0 radical (unpaired) electrons. The molecule has 0 aliphatic carbocycles. The minimum Gasteiger partial charge on any atom is -0.475 e. The zero-order chi connectivity index (χ0) is 34.1. The maximum Gasteiger partial charge on any atom is 0.490 e. The SMILES string of the molecule is CC(NC(=O)CC(=O)Nc1ccc(C(=N)N)cc1)c1ccc(S(=O)(=O)N2CCOCC2)c(-c2cccnc2)c1.O=C(O)C(F)(F)F. The summed E-state index contributed by atoms with van der Waals surface area (Å²) in [6, 6.07) is 14.3. The van der Waals surface area contributed by atoms with E-state index in [2.05, 4.69) is 15.6 Å². The molecule has 6 N–H and O–H groups in total. The van der Waals surface area contributed by atoms with Gasteiger partial charge in [-0.3, -0.25) is 20.0 Å². The topological polar surface area (TPSA) is 205 Å². The molecule has 3 aromatic rings. The monoisotopic (exact) mass is 664 g/mol. The summed E-state index contributed by atoms with van der Waals surface area (Å²) in [5.74, 6) is -3.83. The quantitative estimate of drug-likeness (QED) is 0.129. The molecule has 1 atom stereocenters. The molecule has 0 spiro atoms. The number of pyridine rings is 1. The van der Waals surface area contributed by atoms with Gasteiger partial charge >= 0.3 is 12.1 Å². The summed E-state index contributed by atoms with van der Waals surface area (Å²) in [4.78, 5) is 38.2. The molecule has 17 heteroatoms. The van der Waals surface area contributed by atoms with Gasteiger partial charge in [-0.05, 0) is 55.0 Å². The number of nitrogens with zero attached hydrogens (tertiary/aromatic N) is 2. The van der Waals surface area contributed by atoms with Crippen LogP contribution in [0.5, 0.6) is 0 Å². The van der Waals surface area contributed by atoms with Crippen molar-refractivity contribution in [3.8, 4) is 11.1 Å². The first-order valence-electron chi connectivity index (χ1n) is 13.6. The molecule has 1 aliphatic heterocycles. The fourth-order valence-electron chi connectivity index (χ4n) is 4.18. The summed E-state index contributed by atoms with van der Waals surface area (Å²) in [7, 11) is -3.79. The van der Waals surface area contributed by atoms with E-state index in [0.29, 0.717) is 41.2 Å². The van der Waals surface area contributed by atoms with Gasteiger partial charge in [0.1, 0.15) is 12.3 Å². The van der Waals surface area contributed by atoms with Crippen LogP contribution in [0.1, 0.15) is 30.5 Å². The summed E-state index contributed by atoms with van der Waals surface area (Å²) >= 11 is 0. The molecule has 2 amide bonds. The lowest BCUT2D eigenvalue weighted by molar-refractivity contribution is -0.192. The number of amides is 2. The van der Waals surface area contributed by atoms with Crippen molar-refractivity contribution in [3.05, 3.63) is 78.1 Å². The van der Waals surface area contributed by atoms with Crippen LogP contribution in [0.25, 0.3) is 11.1 Å². The van der Waals surface area contributed by atoms with Gasteiger partial charge in [0.05, 0.1) is 24.2 Å². The molecule has 1 aliphatic rings. The lowest BCUT2D eigenvalue weighted by Gasteiger charge is -2.27. The summed E-state index contributed by atoms with van der Waals surface area (Å²) in [5.41, 5.74) is 8.20. The molecule has 1 fully saturated rings. The minimum atomic E-state index is -5.08. The molecule has 4 rings (SSSR count). The molecule has 13 nitrogen and oxygen atoms in total. The van der Waals surface area contributed by atoms with Crippen molar-refractivity contribution in [3.63, 3.8) is 0 Å². The van der Waals surface area contributed by atoms with E-state index in [4.69, 9.17) is 25.8 Å². The first-order valence-corrected chi connectivity index (χ1v) is 15.0. The van der Waals surface area contributed by atoms with Crippen LogP contribution in [-0.2, 0) is 29.1 Å². The fraction of sp³-hybridized carbons (Fsp3) is 0.276. The number of alkyl halides is 3. The van der Waals surface area contributed by atoms with E-state index in [1.165, 1.54) is 4.31 Å². The van der Waals surface area contributed by atoms with Gasteiger partial charge in [-0.1, -0.05) is 12.1 Å².